The number of nitrogens with zero attached hydrogens (tertiary/aromatic N) is 4. The largest absolute Gasteiger partial charge is 0.340 e. The predicted molar refractivity (Wildman–Crippen MR) is 123 cm³/mol. The standard InChI is InChI=1S/C25H28FN5O/c26-22-7-5-19(6-8-22)16-29-11-13-31(14-12-29)25-27-23(15-24(32)28-25)18-30-10-9-20-3-1-2-4-21(20)17-30/h1-8,15H,9-14,16-18H2,(H,27,28,32). The minimum atomic E-state index is -0.206. The Balaban J connectivity index is 1.21. The van der Waals surface area contributed by atoms with Crippen LogP contribution in [-0.4, -0.2) is 52.5 Å². The second-order valence-corrected chi connectivity index (χ2v) is 8.68. The molecule has 1 aromatic heterocycles. The molecule has 3 heterocycles. The van der Waals surface area contributed by atoms with Gasteiger partial charge in [0.05, 0.1) is 5.69 Å². The maximum absolute atomic E-state index is 13.1. The Bertz CT molecular complexity index is 1120. The van der Waals surface area contributed by atoms with E-state index >= 15 is 0 Å². The molecule has 166 valence electrons. The first-order valence-electron chi connectivity index (χ1n) is 11.2. The number of H-pyrrole nitrogens is 1. The molecule has 1 fully saturated rings. The number of hydrogen-bond acceptors (Lipinski definition) is 5. The molecule has 32 heavy (non-hydrogen) atoms. The van der Waals surface area contributed by atoms with E-state index < -0.39 is 0 Å². The number of hydrogen-bond donors (Lipinski definition) is 1. The molecule has 3 aromatic rings. The lowest BCUT2D eigenvalue weighted by atomic mass is 10.00. The minimum Gasteiger partial charge on any atom is -0.340 e. The summed E-state index contributed by atoms with van der Waals surface area (Å²) in [5.41, 5.74) is 4.60. The molecule has 0 spiro atoms. The van der Waals surface area contributed by atoms with Crippen molar-refractivity contribution in [2.24, 2.45) is 0 Å². The van der Waals surface area contributed by atoms with Gasteiger partial charge in [-0.1, -0.05) is 36.4 Å². The zero-order valence-electron chi connectivity index (χ0n) is 18.1. The molecular weight excluding hydrogens is 405 g/mol. The van der Waals surface area contributed by atoms with Crippen LogP contribution in [0, 0.1) is 5.82 Å². The molecular formula is C25H28FN5O. The van der Waals surface area contributed by atoms with Gasteiger partial charge in [-0.3, -0.25) is 19.6 Å². The molecule has 1 N–H and O–H groups in total. The van der Waals surface area contributed by atoms with Gasteiger partial charge in [0.25, 0.3) is 5.56 Å². The lowest BCUT2D eigenvalue weighted by Crippen LogP contribution is -2.47. The molecule has 0 saturated carbocycles. The minimum absolute atomic E-state index is 0.101. The maximum Gasteiger partial charge on any atom is 0.252 e. The number of aromatic nitrogens is 2. The summed E-state index contributed by atoms with van der Waals surface area (Å²) in [6, 6.07) is 16.9. The van der Waals surface area contributed by atoms with Gasteiger partial charge >= 0.3 is 0 Å². The number of rotatable bonds is 5. The molecule has 2 aliphatic heterocycles. The summed E-state index contributed by atoms with van der Waals surface area (Å²) in [6.07, 6.45) is 1.03. The highest BCUT2D eigenvalue weighted by molar-refractivity contribution is 5.32. The Hall–Kier alpha value is -3.03. The van der Waals surface area contributed by atoms with Crippen molar-refractivity contribution in [3.63, 3.8) is 0 Å². The molecule has 2 aliphatic rings. The van der Waals surface area contributed by atoms with Crippen molar-refractivity contribution in [3.05, 3.63) is 93.2 Å². The van der Waals surface area contributed by atoms with Crippen LogP contribution in [0.5, 0.6) is 0 Å². The van der Waals surface area contributed by atoms with Gasteiger partial charge in [0.2, 0.25) is 5.95 Å². The molecule has 0 bridgehead atoms. The Kier molecular flexibility index (Phi) is 6.01. The van der Waals surface area contributed by atoms with Gasteiger partial charge in [0, 0.05) is 58.4 Å². The van der Waals surface area contributed by atoms with Gasteiger partial charge in [0.15, 0.2) is 0 Å². The summed E-state index contributed by atoms with van der Waals surface area (Å²) in [5, 5.41) is 0. The Morgan fingerprint density at radius 3 is 2.41 bits per heavy atom. The highest BCUT2D eigenvalue weighted by atomic mass is 19.1. The van der Waals surface area contributed by atoms with Crippen LogP contribution in [-0.2, 0) is 26.1 Å². The third-order valence-electron chi connectivity index (χ3n) is 6.37. The molecule has 0 amide bonds. The van der Waals surface area contributed by atoms with Crippen LogP contribution in [0.2, 0.25) is 0 Å². The van der Waals surface area contributed by atoms with Crippen LogP contribution >= 0.6 is 0 Å². The van der Waals surface area contributed by atoms with Crippen LogP contribution in [0.1, 0.15) is 22.4 Å². The van der Waals surface area contributed by atoms with Crippen LogP contribution in [0.3, 0.4) is 0 Å². The Morgan fingerprint density at radius 2 is 1.62 bits per heavy atom. The summed E-state index contributed by atoms with van der Waals surface area (Å²) in [4.78, 5) is 26.9. The topological polar surface area (TPSA) is 55.5 Å². The molecule has 7 heteroatoms. The van der Waals surface area contributed by atoms with Gasteiger partial charge in [-0.05, 0) is 35.2 Å². The van der Waals surface area contributed by atoms with E-state index in [-0.39, 0.29) is 11.4 Å². The average molecular weight is 434 g/mol. The van der Waals surface area contributed by atoms with E-state index in [0.29, 0.717) is 12.5 Å². The fourth-order valence-electron chi connectivity index (χ4n) is 4.61. The summed E-state index contributed by atoms with van der Waals surface area (Å²) >= 11 is 0. The van der Waals surface area contributed by atoms with E-state index in [1.807, 2.05) is 12.1 Å². The van der Waals surface area contributed by atoms with Gasteiger partial charge in [0.1, 0.15) is 5.82 Å². The number of fused-ring (bicyclic) bond motifs is 1. The van der Waals surface area contributed by atoms with E-state index in [9.17, 15) is 9.18 Å². The SMILES string of the molecule is O=c1cc(CN2CCc3ccccc3C2)nc(N2CCN(Cc3ccc(F)cc3)CC2)[nH]1. The normalized spacial score (nSPS) is 17.3. The maximum atomic E-state index is 13.1. The number of piperazine rings is 1. The third-order valence-corrected chi connectivity index (χ3v) is 6.37. The molecule has 2 aromatic carbocycles. The zero-order chi connectivity index (χ0) is 21.9. The summed E-state index contributed by atoms with van der Waals surface area (Å²) in [6.45, 7) is 6.67. The first kappa shape index (κ1) is 20.8. The molecule has 0 radical (unpaired) electrons. The van der Waals surface area contributed by atoms with Crippen molar-refractivity contribution in [1.82, 2.24) is 19.8 Å². The number of nitrogens with one attached hydrogen (secondary N) is 1. The quantitative estimate of drug-likeness (QED) is 0.671. The van der Waals surface area contributed by atoms with Gasteiger partial charge in [-0.15, -0.1) is 0 Å². The van der Waals surface area contributed by atoms with Crippen LogP contribution < -0.4 is 10.5 Å². The molecule has 0 atom stereocenters. The fourth-order valence-corrected chi connectivity index (χ4v) is 4.61. The van der Waals surface area contributed by atoms with Gasteiger partial charge in [-0.2, -0.15) is 0 Å². The highest BCUT2D eigenvalue weighted by Crippen LogP contribution is 2.20. The molecule has 1 saturated heterocycles. The van der Waals surface area contributed by atoms with Crippen molar-refractivity contribution >= 4 is 5.95 Å². The van der Waals surface area contributed by atoms with E-state index in [1.54, 1.807) is 6.07 Å². The molecule has 6 nitrogen and oxygen atoms in total. The van der Waals surface area contributed by atoms with Crippen molar-refractivity contribution in [1.29, 1.82) is 0 Å². The van der Waals surface area contributed by atoms with Crippen molar-refractivity contribution < 1.29 is 4.39 Å². The second kappa shape index (κ2) is 9.22. The monoisotopic (exact) mass is 433 g/mol. The zero-order valence-corrected chi connectivity index (χ0v) is 18.1. The number of halogens is 1. The fraction of sp³-hybridized carbons (Fsp3) is 0.360. The first-order valence-corrected chi connectivity index (χ1v) is 11.2. The summed E-state index contributed by atoms with van der Waals surface area (Å²) in [7, 11) is 0. The second-order valence-electron chi connectivity index (χ2n) is 8.68. The average Bonchev–Trinajstić information content (AvgIpc) is 2.81. The van der Waals surface area contributed by atoms with E-state index in [1.165, 1.54) is 23.3 Å². The predicted octanol–water partition coefficient (Wildman–Crippen LogP) is 2.79. The lowest BCUT2D eigenvalue weighted by molar-refractivity contribution is 0.241. The van der Waals surface area contributed by atoms with Crippen LogP contribution in [0.25, 0.3) is 0 Å². The lowest BCUT2D eigenvalue weighted by Gasteiger charge is -2.35. The van der Waals surface area contributed by atoms with Gasteiger partial charge in [-0.25, -0.2) is 9.37 Å². The van der Waals surface area contributed by atoms with Crippen molar-refractivity contribution in [2.75, 3.05) is 37.6 Å². The number of aromatic amines is 1. The van der Waals surface area contributed by atoms with Crippen molar-refractivity contribution in [3.8, 4) is 0 Å². The van der Waals surface area contributed by atoms with Crippen LogP contribution in [0.15, 0.2) is 59.4 Å². The Morgan fingerprint density at radius 1 is 0.875 bits per heavy atom. The van der Waals surface area contributed by atoms with E-state index in [4.69, 9.17) is 4.98 Å². The Labute approximate surface area is 187 Å². The first-order chi connectivity index (χ1) is 15.6. The highest BCUT2D eigenvalue weighted by Gasteiger charge is 2.21. The number of benzene rings is 2. The third kappa shape index (κ3) is 4.89. The smallest absolute Gasteiger partial charge is 0.252 e. The van der Waals surface area contributed by atoms with E-state index in [0.717, 1.165) is 63.5 Å². The summed E-state index contributed by atoms with van der Waals surface area (Å²) < 4.78 is 13.1. The van der Waals surface area contributed by atoms with E-state index in [2.05, 4.69) is 43.9 Å². The molecule has 5 rings (SSSR count). The molecule has 0 aliphatic carbocycles. The molecule has 0 unspecified atom stereocenters. The van der Waals surface area contributed by atoms with Crippen molar-refractivity contribution in [2.45, 2.75) is 26.1 Å². The van der Waals surface area contributed by atoms with Gasteiger partial charge < -0.3 is 4.90 Å². The summed E-state index contributed by atoms with van der Waals surface area (Å²) in [5.74, 6) is 0.452. The van der Waals surface area contributed by atoms with Crippen LogP contribution in [0.4, 0.5) is 10.3 Å². The number of anilines is 1.